The van der Waals surface area contributed by atoms with Gasteiger partial charge in [0.25, 0.3) is 35.5 Å². The van der Waals surface area contributed by atoms with E-state index in [0.717, 1.165) is 51.1 Å². The van der Waals surface area contributed by atoms with Crippen LogP contribution >= 0.6 is 11.6 Å². The number of benzene rings is 6. The predicted octanol–water partition coefficient (Wildman–Crippen LogP) is 12.8. The van der Waals surface area contributed by atoms with Gasteiger partial charge in [-0.15, -0.1) is 0 Å². The first-order chi connectivity index (χ1) is 47.2. The summed E-state index contributed by atoms with van der Waals surface area (Å²) in [7, 11) is 0. The summed E-state index contributed by atoms with van der Waals surface area (Å²) in [4.78, 5) is 77.2. The van der Waals surface area contributed by atoms with E-state index < -0.39 is 138 Å². The topological polar surface area (TPSA) is 239 Å². The summed E-state index contributed by atoms with van der Waals surface area (Å²) in [6, 6.07) is 26.4. The summed E-state index contributed by atoms with van der Waals surface area (Å²) >= 11 is 5.29. The molecule has 0 radical (unpaired) electrons. The molecule has 4 amide bonds. The maximum Gasteiger partial charge on any atom is 0.328 e. The molecule has 0 aliphatic carbocycles. The smallest absolute Gasteiger partial charge is 0.328 e. The number of aliphatic hydroxyl groups is 2. The van der Waals surface area contributed by atoms with Crippen molar-refractivity contribution in [2.75, 3.05) is 80.5 Å². The van der Waals surface area contributed by atoms with Crippen LogP contribution in [-0.4, -0.2) is 152 Å². The molecule has 0 bridgehead atoms. The number of nitrogens with zero attached hydrogens (tertiary/aromatic N) is 3. The Morgan fingerprint density at radius 2 is 0.790 bits per heavy atom. The molecule has 9 rings (SSSR count). The van der Waals surface area contributed by atoms with Crippen LogP contribution in [0, 0.1) is 17.5 Å². The highest BCUT2D eigenvalue weighted by molar-refractivity contribution is 6.67. The van der Waals surface area contributed by atoms with Crippen LogP contribution in [0.3, 0.4) is 0 Å². The number of carboxylic acids is 1. The highest BCUT2D eigenvalue weighted by Gasteiger charge is 2.45. The fraction of sp³-hybridized carbons (Fsp3) is 0.314. The van der Waals surface area contributed by atoms with Crippen LogP contribution in [0.5, 0.6) is 17.2 Å². The molecule has 0 saturated heterocycles. The van der Waals surface area contributed by atoms with Gasteiger partial charge >= 0.3 is 5.97 Å². The number of anilines is 3. The number of fused-ring (bicyclic) bond motifs is 3. The summed E-state index contributed by atoms with van der Waals surface area (Å²) < 4.78 is 185. The Morgan fingerprint density at radius 1 is 0.500 bits per heavy atom. The molecule has 0 aromatic heterocycles. The van der Waals surface area contributed by atoms with Gasteiger partial charge in [-0.25, -0.2) is 57.5 Å². The Balaban J connectivity index is 0.000000230. The van der Waals surface area contributed by atoms with Crippen LogP contribution in [-0.2, 0) is 14.4 Å². The number of carboxylic acid groups (broad SMARTS) is 1. The van der Waals surface area contributed by atoms with Crippen LogP contribution in [0.15, 0.2) is 146 Å². The fourth-order valence-corrected chi connectivity index (χ4v) is 10.1. The van der Waals surface area contributed by atoms with Gasteiger partial charge in [-0.2, -0.15) is 0 Å². The van der Waals surface area contributed by atoms with Crippen molar-refractivity contribution in [1.29, 1.82) is 0 Å². The predicted molar refractivity (Wildman–Crippen MR) is 349 cm³/mol. The number of allylic oxidation sites excluding steroid dienone is 4. The molecule has 536 valence electrons. The lowest BCUT2D eigenvalue weighted by Crippen LogP contribution is -2.33. The Bertz CT molecular complexity index is 3790. The van der Waals surface area contributed by atoms with Crippen molar-refractivity contribution in [3.05, 3.63) is 196 Å². The van der Waals surface area contributed by atoms with Crippen molar-refractivity contribution < 1.29 is 111 Å². The number of rotatable bonds is 18. The Kier molecular flexibility index (Phi) is 28.4. The molecule has 3 aliphatic rings. The van der Waals surface area contributed by atoms with Crippen LogP contribution in [0.4, 0.5) is 69.7 Å². The Morgan fingerprint density at radius 3 is 1.05 bits per heavy atom. The third kappa shape index (κ3) is 21.9. The zero-order valence-corrected chi connectivity index (χ0v) is 54.4. The van der Waals surface area contributed by atoms with Gasteiger partial charge in [-0.1, -0.05) is 0 Å². The van der Waals surface area contributed by atoms with E-state index in [1.807, 2.05) is 0 Å². The van der Waals surface area contributed by atoms with Gasteiger partial charge < -0.3 is 55.3 Å². The van der Waals surface area contributed by atoms with Crippen molar-refractivity contribution >= 4 is 80.2 Å². The summed E-state index contributed by atoms with van der Waals surface area (Å²) in [6.45, 7) is 2.31. The first-order valence-corrected chi connectivity index (χ1v) is 31.0. The molecular weight excluding hydrogens is 1370 g/mol. The third-order valence-corrected chi connectivity index (χ3v) is 14.7. The van der Waals surface area contributed by atoms with Gasteiger partial charge in [0.2, 0.25) is 11.1 Å². The third-order valence-electron chi connectivity index (χ3n) is 14.6. The minimum Gasteiger partial charge on any atom is -0.491 e. The molecule has 3 aliphatic heterocycles. The molecule has 6 aromatic rings. The lowest BCUT2D eigenvalue weighted by Gasteiger charge is -2.23. The summed E-state index contributed by atoms with van der Waals surface area (Å²) in [5.74, 6) is -16.4. The molecule has 0 spiro atoms. The van der Waals surface area contributed by atoms with Crippen molar-refractivity contribution in [3.8, 4) is 17.2 Å². The quantitative estimate of drug-likeness (QED) is 0.0306. The normalized spacial score (nSPS) is 17.0. The van der Waals surface area contributed by atoms with Gasteiger partial charge in [0, 0.05) is 120 Å². The number of alkyl halides is 9. The Labute approximate surface area is 570 Å². The maximum absolute atomic E-state index is 15.1. The van der Waals surface area contributed by atoms with E-state index >= 15 is 8.78 Å². The van der Waals surface area contributed by atoms with Gasteiger partial charge in [-0.3, -0.25) is 24.0 Å². The van der Waals surface area contributed by atoms with Crippen LogP contribution in [0.25, 0.3) is 16.7 Å². The van der Waals surface area contributed by atoms with Gasteiger partial charge in [0.05, 0.1) is 30.3 Å². The van der Waals surface area contributed by atoms with Crippen LogP contribution in [0.2, 0.25) is 0 Å². The monoisotopic (exact) mass is 1430 g/mol. The molecule has 3 atom stereocenters. The number of hydrogen-bond acceptors (Lipinski definition) is 12. The second-order valence-corrected chi connectivity index (χ2v) is 22.8. The first-order valence-electron chi connectivity index (χ1n) is 30.6. The minimum atomic E-state index is -3.59. The molecule has 0 fully saturated rings. The van der Waals surface area contributed by atoms with E-state index in [1.165, 1.54) is 112 Å². The number of hydrogen-bond donors (Lipinski definition) is 5. The number of nitrogens with one attached hydrogen (secondary N) is 1. The van der Waals surface area contributed by atoms with E-state index in [2.05, 4.69) is 5.32 Å². The van der Waals surface area contributed by atoms with Crippen LogP contribution in [0.1, 0.15) is 87.8 Å². The molecule has 30 heteroatoms. The number of aliphatic hydroxyl groups excluding tert-OH is 2. The number of amides is 4. The van der Waals surface area contributed by atoms with Crippen molar-refractivity contribution in [3.63, 3.8) is 0 Å². The number of aliphatic carboxylic acids is 1. The molecular formula is C70H68ClF12N5O12. The van der Waals surface area contributed by atoms with Crippen molar-refractivity contribution in [2.45, 2.75) is 76.3 Å². The number of carbonyl (C=O) groups is 6. The summed E-state index contributed by atoms with van der Waals surface area (Å²) in [6.07, 6.45) is -4.40. The van der Waals surface area contributed by atoms with E-state index in [1.54, 1.807) is 0 Å². The Hall–Kier alpha value is -9.71. The first kappa shape index (κ1) is 79.3. The van der Waals surface area contributed by atoms with E-state index in [-0.39, 0.29) is 96.6 Å². The molecule has 0 unspecified atom stereocenters. The van der Waals surface area contributed by atoms with Gasteiger partial charge in [-0.05, 0) is 160 Å². The number of halogens is 13. The lowest BCUT2D eigenvalue weighted by molar-refractivity contribution is -0.131. The van der Waals surface area contributed by atoms with Crippen molar-refractivity contribution in [2.24, 2.45) is 5.73 Å². The average molecular weight is 1430 g/mol. The molecule has 17 nitrogen and oxygen atoms in total. The number of carbonyl (C=O) groups excluding carboxylic acids is 5. The standard InChI is InChI=1S/C24H24F4N2O4.C22H18ClF4NO3.C22H19F4NO4.C2H7NO/c1-15(25)14-34-18-5-2-16(3-6-18)23(33)30-10-8-24(27,28)20(13-22(32)29-9-11-31)19-12-17(26)4-7-21(19)30;1-13(24)12-31-16-5-2-14(3-6-16)21(30)28-9-8-22(26,27)18(11-20(23)29)17-10-15(25)4-7-19(17)28;1-13(23)12-31-16-5-2-14(3-6-16)21(30)27-9-8-22(25,26)18(11-20(28)29)17-10-15(24)4-7-19(17)27;3-1-2-4/h2-7,12-13,15,31H,8-11,14H2,1H3,(H,29,32);2-7,10-11,13H,8-9,12H2,1H3;2-7,10-11,13H,8-9,12H2,1H3,(H,28,29);4H,1-3H2/b20-13-;2*18-11-;/t15-;2*13-;/m111./s1. The second-order valence-electron chi connectivity index (χ2n) is 22.4. The fourth-order valence-electron chi connectivity index (χ4n) is 9.95. The number of ether oxygens (including phenoxy) is 3. The molecule has 3 heterocycles. The highest BCUT2D eigenvalue weighted by atomic mass is 35.5. The highest BCUT2D eigenvalue weighted by Crippen LogP contribution is 2.47. The molecule has 6 N–H and O–H groups in total. The largest absolute Gasteiger partial charge is 0.491 e. The van der Waals surface area contributed by atoms with Gasteiger partial charge in [0.15, 0.2) is 0 Å². The molecule has 100 heavy (non-hydrogen) atoms. The maximum atomic E-state index is 15.1. The van der Waals surface area contributed by atoms with Crippen molar-refractivity contribution in [1.82, 2.24) is 5.32 Å². The van der Waals surface area contributed by atoms with Crippen LogP contribution < -0.4 is 40.0 Å². The SMILES string of the molecule is C[C@@H](F)COc1ccc(C(=O)N2CCC(F)(F)/C(=C\C(=O)Cl)c3cc(F)ccc32)cc1.C[C@@H](F)COc1ccc(C(=O)N2CCC(F)(F)/C(=C\C(=O)NCCO)c3cc(F)ccc32)cc1.C[C@@H](F)COc1ccc(C(=O)N2CCC(F)(F)/C(=C\C(=O)O)c3cc(F)ccc32)cc1.NCCO. The second kappa shape index (κ2) is 35.9. The number of nitrogens with two attached hydrogens (primary N) is 1. The zero-order chi connectivity index (χ0) is 73.8. The van der Waals surface area contributed by atoms with E-state index in [0.29, 0.717) is 42.0 Å². The van der Waals surface area contributed by atoms with E-state index in [4.69, 9.17) is 46.9 Å². The van der Waals surface area contributed by atoms with E-state index in [9.17, 15) is 72.7 Å². The molecule has 0 saturated carbocycles. The average Bonchev–Trinajstić information content (AvgIpc) is 1.59. The minimum absolute atomic E-state index is 0.0244. The van der Waals surface area contributed by atoms with Gasteiger partial charge in [0.1, 0.15) is 73.0 Å². The summed E-state index contributed by atoms with van der Waals surface area (Å²) in [5.41, 5.74) is 1.99. The summed E-state index contributed by atoms with van der Waals surface area (Å²) in [5, 5.41) is 26.7. The lowest BCUT2D eigenvalue weighted by atomic mass is 9.96. The zero-order valence-electron chi connectivity index (χ0n) is 53.6. The molecule has 6 aromatic carbocycles.